The molecule has 5 heteroatoms. The molecule has 0 aliphatic rings. The van der Waals surface area contributed by atoms with Crippen LogP contribution in [0.1, 0.15) is 49.3 Å². The van der Waals surface area contributed by atoms with E-state index in [1.165, 1.54) is 9.88 Å². The van der Waals surface area contributed by atoms with Crippen molar-refractivity contribution in [3.8, 4) is 0 Å². The maximum atomic E-state index is 4.72. The maximum Gasteiger partial charge on any atom is 0.0985 e. The van der Waals surface area contributed by atoms with Crippen molar-refractivity contribution in [2.45, 2.75) is 52.6 Å². The summed E-state index contributed by atoms with van der Waals surface area (Å²) >= 11 is 1.83. The topological polar surface area (TPSA) is 42.7 Å². The zero-order chi connectivity index (χ0) is 14.8. The second-order valence-corrected chi connectivity index (χ2v) is 7.19. The Morgan fingerprint density at radius 2 is 2.15 bits per heavy atom. The van der Waals surface area contributed by atoms with Gasteiger partial charge in [-0.2, -0.15) is 5.10 Å². The molecule has 0 aromatic carbocycles. The molecule has 0 aliphatic carbocycles. The Balaban J connectivity index is 1.95. The molecule has 0 saturated heterocycles. The van der Waals surface area contributed by atoms with E-state index in [4.69, 9.17) is 4.98 Å². The molecule has 1 N–H and O–H groups in total. The van der Waals surface area contributed by atoms with Crippen molar-refractivity contribution in [1.82, 2.24) is 20.1 Å². The summed E-state index contributed by atoms with van der Waals surface area (Å²) in [6, 6.07) is 2.28. The zero-order valence-corrected chi connectivity index (χ0v) is 13.8. The Morgan fingerprint density at radius 3 is 2.70 bits per heavy atom. The van der Waals surface area contributed by atoms with E-state index in [-0.39, 0.29) is 5.41 Å². The van der Waals surface area contributed by atoms with Crippen LogP contribution in [0.3, 0.4) is 0 Å². The molecule has 0 radical (unpaired) electrons. The van der Waals surface area contributed by atoms with Crippen LogP contribution in [0.5, 0.6) is 0 Å². The fourth-order valence-electron chi connectivity index (χ4n) is 2.05. The first-order chi connectivity index (χ1) is 9.38. The van der Waals surface area contributed by atoms with Crippen molar-refractivity contribution < 1.29 is 0 Å². The molecule has 0 amide bonds. The highest BCUT2D eigenvalue weighted by atomic mass is 32.1. The van der Waals surface area contributed by atoms with Crippen LogP contribution in [0, 0.1) is 6.92 Å². The molecular formula is C15H24N4S. The van der Waals surface area contributed by atoms with Crippen molar-refractivity contribution in [1.29, 1.82) is 0 Å². The lowest BCUT2D eigenvalue weighted by molar-refractivity contribution is 0.510. The maximum absolute atomic E-state index is 4.72. The van der Waals surface area contributed by atoms with Crippen LogP contribution in [-0.2, 0) is 12.0 Å². The van der Waals surface area contributed by atoms with E-state index < -0.39 is 0 Å². The molecule has 20 heavy (non-hydrogen) atoms. The predicted molar refractivity (Wildman–Crippen MR) is 84.2 cm³/mol. The third kappa shape index (κ3) is 3.67. The summed E-state index contributed by atoms with van der Waals surface area (Å²) in [5.74, 6) is 0. The molecule has 1 atom stereocenters. The number of nitrogens with one attached hydrogen (secondary N) is 1. The standard InChI is InChI=1S/C15H24N4S/c1-11(16-8-10-19-9-6-7-17-19)13-12(2)18-14(20-13)15(3,4)5/h6-7,9,11,16H,8,10H2,1-5H3. The average Bonchev–Trinajstić information content (AvgIpc) is 2.97. The summed E-state index contributed by atoms with van der Waals surface area (Å²) in [5.41, 5.74) is 1.28. The minimum atomic E-state index is 0.127. The number of rotatable bonds is 5. The average molecular weight is 292 g/mol. The van der Waals surface area contributed by atoms with Crippen LogP contribution in [0.25, 0.3) is 0 Å². The molecule has 0 spiro atoms. The van der Waals surface area contributed by atoms with E-state index in [2.05, 4.69) is 45.0 Å². The van der Waals surface area contributed by atoms with Gasteiger partial charge in [-0.25, -0.2) is 4.98 Å². The van der Waals surface area contributed by atoms with Gasteiger partial charge in [-0.15, -0.1) is 11.3 Å². The molecule has 4 nitrogen and oxygen atoms in total. The van der Waals surface area contributed by atoms with E-state index in [0.717, 1.165) is 18.8 Å². The van der Waals surface area contributed by atoms with Gasteiger partial charge < -0.3 is 5.32 Å². The summed E-state index contributed by atoms with van der Waals surface area (Å²) < 4.78 is 1.94. The summed E-state index contributed by atoms with van der Waals surface area (Å²) in [7, 11) is 0. The van der Waals surface area contributed by atoms with Gasteiger partial charge in [0.05, 0.1) is 17.2 Å². The zero-order valence-electron chi connectivity index (χ0n) is 13.0. The SMILES string of the molecule is Cc1nc(C(C)(C)C)sc1C(C)NCCn1cccn1. The van der Waals surface area contributed by atoms with E-state index in [1.807, 2.05) is 34.5 Å². The summed E-state index contributed by atoms with van der Waals surface area (Å²) in [4.78, 5) is 6.06. The van der Waals surface area contributed by atoms with Crippen LogP contribution in [0.4, 0.5) is 0 Å². The van der Waals surface area contributed by atoms with Crippen molar-refractivity contribution in [2.75, 3.05) is 6.54 Å². The number of aromatic nitrogens is 3. The fraction of sp³-hybridized carbons (Fsp3) is 0.600. The lowest BCUT2D eigenvalue weighted by atomic mass is 9.98. The lowest BCUT2D eigenvalue weighted by Gasteiger charge is -2.14. The van der Waals surface area contributed by atoms with E-state index in [9.17, 15) is 0 Å². The molecule has 0 saturated carbocycles. The second-order valence-electron chi connectivity index (χ2n) is 6.16. The molecule has 2 aromatic heterocycles. The molecule has 0 bridgehead atoms. The van der Waals surface area contributed by atoms with Gasteiger partial charge in [-0.3, -0.25) is 4.68 Å². The lowest BCUT2D eigenvalue weighted by Crippen LogP contribution is -2.23. The Morgan fingerprint density at radius 1 is 1.40 bits per heavy atom. The van der Waals surface area contributed by atoms with Gasteiger partial charge in [0.15, 0.2) is 0 Å². The Hall–Kier alpha value is -1.20. The molecule has 2 aromatic rings. The summed E-state index contributed by atoms with van der Waals surface area (Å²) in [6.07, 6.45) is 3.80. The van der Waals surface area contributed by atoms with E-state index >= 15 is 0 Å². The van der Waals surface area contributed by atoms with Crippen molar-refractivity contribution in [2.24, 2.45) is 0 Å². The molecule has 0 aliphatic heterocycles. The summed E-state index contributed by atoms with van der Waals surface area (Å²) in [6.45, 7) is 12.7. The number of hydrogen-bond acceptors (Lipinski definition) is 4. The molecule has 110 valence electrons. The highest BCUT2D eigenvalue weighted by Crippen LogP contribution is 2.32. The minimum Gasteiger partial charge on any atom is -0.308 e. The van der Waals surface area contributed by atoms with Gasteiger partial charge in [0.25, 0.3) is 0 Å². The molecule has 2 heterocycles. The van der Waals surface area contributed by atoms with Gasteiger partial charge in [-0.1, -0.05) is 20.8 Å². The normalized spacial score (nSPS) is 13.7. The first kappa shape index (κ1) is 15.2. The van der Waals surface area contributed by atoms with Gasteiger partial charge in [0.1, 0.15) is 0 Å². The minimum absolute atomic E-state index is 0.127. The molecule has 0 fully saturated rings. The van der Waals surface area contributed by atoms with Crippen LogP contribution in [0.15, 0.2) is 18.5 Å². The van der Waals surface area contributed by atoms with Gasteiger partial charge in [0.2, 0.25) is 0 Å². The number of thiazole rings is 1. The monoisotopic (exact) mass is 292 g/mol. The van der Waals surface area contributed by atoms with Crippen LogP contribution in [0.2, 0.25) is 0 Å². The predicted octanol–water partition coefficient (Wildman–Crippen LogP) is 3.30. The number of nitrogens with zero attached hydrogens (tertiary/aromatic N) is 3. The molecule has 2 rings (SSSR count). The number of hydrogen-bond donors (Lipinski definition) is 1. The second kappa shape index (κ2) is 6.06. The van der Waals surface area contributed by atoms with Crippen LogP contribution in [-0.4, -0.2) is 21.3 Å². The van der Waals surface area contributed by atoms with Crippen molar-refractivity contribution in [3.05, 3.63) is 34.0 Å². The van der Waals surface area contributed by atoms with Crippen LogP contribution >= 0.6 is 11.3 Å². The first-order valence-corrected chi connectivity index (χ1v) is 7.88. The van der Waals surface area contributed by atoms with Crippen LogP contribution < -0.4 is 5.32 Å². The quantitative estimate of drug-likeness (QED) is 0.919. The van der Waals surface area contributed by atoms with Gasteiger partial charge in [-0.05, 0) is 19.9 Å². The third-order valence-electron chi connectivity index (χ3n) is 3.22. The Bertz CT molecular complexity index is 537. The smallest absolute Gasteiger partial charge is 0.0985 e. The largest absolute Gasteiger partial charge is 0.308 e. The van der Waals surface area contributed by atoms with Crippen molar-refractivity contribution >= 4 is 11.3 Å². The number of aryl methyl sites for hydroxylation is 1. The van der Waals surface area contributed by atoms with Crippen molar-refractivity contribution in [3.63, 3.8) is 0 Å². The van der Waals surface area contributed by atoms with Gasteiger partial charge in [0, 0.05) is 35.3 Å². The fourth-order valence-corrected chi connectivity index (χ4v) is 3.20. The Kier molecular flexibility index (Phi) is 4.60. The summed E-state index contributed by atoms with van der Waals surface area (Å²) in [5, 5.41) is 8.97. The molecular weight excluding hydrogens is 268 g/mol. The van der Waals surface area contributed by atoms with E-state index in [1.54, 1.807) is 0 Å². The van der Waals surface area contributed by atoms with Gasteiger partial charge >= 0.3 is 0 Å². The highest BCUT2D eigenvalue weighted by molar-refractivity contribution is 7.12. The Labute approximate surface area is 125 Å². The third-order valence-corrected chi connectivity index (χ3v) is 4.98. The first-order valence-electron chi connectivity index (χ1n) is 7.06. The van der Waals surface area contributed by atoms with E-state index in [0.29, 0.717) is 6.04 Å². The molecule has 1 unspecified atom stereocenters. The highest BCUT2D eigenvalue weighted by Gasteiger charge is 2.22.